The van der Waals surface area contributed by atoms with Crippen LogP contribution in [0, 0.1) is 0 Å². The summed E-state index contributed by atoms with van der Waals surface area (Å²) in [6, 6.07) is 0. The summed E-state index contributed by atoms with van der Waals surface area (Å²) in [5.41, 5.74) is 0. The third kappa shape index (κ3) is 4.39. The molecule has 0 aromatic carbocycles. The van der Waals surface area contributed by atoms with Crippen molar-refractivity contribution in [3.05, 3.63) is 0 Å². The van der Waals surface area contributed by atoms with E-state index in [-0.39, 0.29) is 12.8 Å². The van der Waals surface area contributed by atoms with Crippen molar-refractivity contribution in [2.45, 2.75) is 19.3 Å². The number of nitrogens with zero attached hydrogens (tertiary/aromatic N) is 2. The van der Waals surface area contributed by atoms with Crippen LogP contribution in [0.1, 0.15) is 19.3 Å². The van der Waals surface area contributed by atoms with E-state index in [1.165, 1.54) is 0 Å². The Morgan fingerprint density at radius 2 is 1.94 bits per heavy atom. The highest BCUT2D eigenvalue weighted by Gasteiger charge is 2.32. The summed E-state index contributed by atoms with van der Waals surface area (Å²) >= 11 is 0. The highest BCUT2D eigenvalue weighted by Crippen LogP contribution is 2.11. The van der Waals surface area contributed by atoms with Crippen LogP contribution in [-0.2, 0) is 14.4 Å². The van der Waals surface area contributed by atoms with E-state index in [0.29, 0.717) is 11.6 Å². The second-order valence-electron chi connectivity index (χ2n) is 4.04. The van der Waals surface area contributed by atoms with Crippen LogP contribution >= 0.6 is 0 Å². The van der Waals surface area contributed by atoms with Crippen LogP contribution in [0.3, 0.4) is 0 Å². The Balaban J connectivity index is 2.21. The molecule has 0 unspecified atom stereocenters. The molecular formula is C10H17N3O4. The van der Waals surface area contributed by atoms with Crippen LogP contribution in [0.5, 0.6) is 0 Å². The molecule has 17 heavy (non-hydrogen) atoms. The summed E-state index contributed by atoms with van der Waals surface area (Å²) in [5.74, 6) is -0.947. The first-order valence-corrected chi connectivity index (χ1v) is 5.47. The Morgan fingerprint density at radius 3 is 2.47 bits per heavy atom. The van der Waals surface area contributed by atoms with E-state index in [0.717, 1.165) is 13.0 Å². The molecule has 0 spiro atoms. The van der Waals surface area contributed by atoms with Gasteiger partial charge in [0.05, 0.1) is 0 Å². The van der Waals surface area contributed by atoms with Gasteiger partial charge in [-0.2, -0.15) is 0 Å². The predicted octanol–water partition coefficient (Wildman–Crippen LogP) is -0.272. The van der Waals surface area contributed by atoms with Gasteiger partial charge in [-0.25, -0.2) is 4.79 Å². The van der Waals surface area contributed by atoms with Gasteiger partial charge in [-0.1, -0.05) is 0 Å². The molecule has 0 radical (unpaired) electrons. The second-order valence-corrected chi connectivity index (χ2v) is 4.04. The van der Waals surface area contributed by atoms with E-state index >= 15 is 0 Å². The van der Waals surface area contributed by atoms with E-state index in [2.05, 4.69) is 10.2 Å². The van der Waals surface area contributed by atoms with Crippen molar-refractivity contribution < 1.29 is 19.2 Å². The molecule has 1 fully saturated rings. The first-order valence-electron chi connectivity index (χ1n) is 5.47. The SMILES string of the molecule is CN(C)CCCNC(=O)ON1C(=O)CCC1=O. The summed E-state index contributed by atoms with van der Waals surface area (Å²) in [5, 5.41) is 3.00. The number of hydrogen-bond donors (Lipinski definition) is 1. The second kappa shape index (κ2) is 6.19. The molecule has 0 aromatic rings. The molecule has 0 saturated carbocycles. The zero-order chi connectivity index (χ0) is 12.8. The zero-order valence-electron chi connectivity index (χ0n) is 10.1. The Hall–Kier alpha value is -1.63. The van der Waals surface area contributed by atoms with Crippen molar-refractivity contribution in [2.75, 3.05) is 27.2 Å². The lowest BCUT2D eigenvalue weighted by atomic mass is 10.4. The molecule has 1 aliphatic heterocycles. The Bertz CT molecular complexity index is 301. The molecule has 1 N–H and O–H groups in total. The Labute approximate surface area is 99.6 Å². The molecule has 3 amide bonds. The van der Waals surface area contributed by atoms with Gasteiger partial charge in [0, 0.05) is 19.4 Å². The Kier molecular flexibility index (Phi) is 4.89. The van der Waals surface area contributed by atoms with Gasteiger partial charge >= 0.3 is 6.09 Å². The molecule has 0 aromatic heterocycles. The van der Waals surface area contributed by atoms with E-state index in [4.69, 9.17) is 0 Å². The first-order chi connectivity index (χ1) is 8.00. The van der Waals surface area contributed by atoms with Crippen LogP contribution in [0.15, 0.2) is 0 Å². The summed E-state index contributed by atoms with van der Waals surface area (Å²) in [7, 11) is 3.86. The maximum Gasteiger partial charge on any atom is 0.432 e. The fourth-order valence-electron chi connectivity index (χ4n) is 1.36. The van der Waals surface area contributed by atoms with E-state index in [9.17, 15) is 14.4 Å². The Morgan fingerprint density at radius 1 is 1.35 bits per heavy atom. The number of imide groups is 1. The molecular weight excluding hydrogens is 226 g/mol. The van der Waals surface area contributed by atoms with Crippen LogP contribution < -0.4 is 5.32 Å². The maximum absolute atomic E-state index is 11.2. The van der Waals surface area contributed by atoms with Gasteiger partial charge in [0.25, 0.3) is 11.8 Å². The number of amides is 3. The molecule has 7 nitrogen and oxygen atoms in total. The molecule has 0 atom stereocenters. The van der Waals surface area contributed by atoms with Gasteiger partial charge in [-0.3, -0.25) is 9.59 Å². The van der Waals surface area contributed by atoms with Gasteiger partial charge in [0.1, 0.15) is 0 Å². The van der Waals surface area contributed by atoms with Crippen molar-refractivity contribution >= 4 is 17.9 Å². The molecule has 96 valence electrons. The third-order valence-corrected chi connectivity index (χ3v) is 2.23. The lowest BCUT2D eigenvalue weighted by Gasteiger charge is -2.13. The van der Waals surface area contributed by atoms with Crippen molar-refractivity contribution in [1.82, 2.24) is 15.3 Å². The number of hydroxylamine groups is 2. The van der Waals surface area contributed by atoms with Gasteiger partial charge < -0.3 is 15.1 Å². The predicted molar refractivity (Wildman–Crippen MR) is 58.7 cm³/mol. The van der Waals surface area contributed by atoms with Gasteiger partial charge in [-0.15, -0.1) is 5.06 Å². The lowest BCUT2D eigenvalue weighted by molar-refractivity contribution is -0.171. The molecule has 7 heteroatoms. The smallest absolute Gasteiger partial charge is 0.320 e. The van der Waals surface area contributed by atoms with Crippen molar-refractivity contribution in [3.8, 4) is 0 Å². The molecule has 0 bridgehead atoms. The van der Waals surface area contributed by atoms with Crippen LogP contribution in [0.2, 0.25) is 0 Å². The summed E-state index contributed by atoms with van der Waals surface area (Å²) in [6.07, 6.45) is 0.205. The van der Waals surface area contributed by atoms with Gasteiger partial charge in [0.2, 0.25) is 0 Å². The largest absolute Gasteiger partial charge is 0.432 e. The number of carbonyl (C=O) groups excluding carboxylic acids is 3. The van der Waals surface area contributed by atoms with E-state index in [1.54, 1.807) is 0 Å². The monoisotopic (exact) mass is 243 g/mol. The highest BCUT2D eigenvalue weighted by molar-refractivity contribution is 6.01. The van der Waals surface area contributed by atoms with Crippen LogP contribution in [0.4, 0.5) is 4.79 Å². The zero-order valence-corrected chi connectivity index (χ0v) is 10.1. The molecule has 0 aliphatic carbocycles. The summed E-state index contributed by atoms with van der Waals surface area (Å²) in [4.78, 5) is 40.1. The molecule has 1 saturated heterocycles. The van der Waals surface area contributed by atoms with Crippen LogP contribution in [-0.4, -0.2) is 55.1 Å². The highest BCUT2D eigenvalue weighted by atomic mass is 16.7. The number of hydrogen-bond acceptors (Lipinski definition) is 5. The normalized spacial score (nSPS) is 15.6. The fraction of sp³-hybridized carbons (Fsp3) is 0.700. The quantitative estimate of drug-likeness (QED) is 0.531. The van der Waals surface area contributed by atoms with Crippen molar-refractivity contribution in [1.29, 1.82) is 0 Å². The number of carbonyl (C=O) groups is 3. The minimum absolute atomic E-state index is 0.104. The summed E-state index contributed by atoms with van der Waals surface area (Å²) < 4.78 is 0. The standard InChI is InChI=1S/C10H17N3O4/c1-12(2)7-3-6-11-10(16)17-13-8(14)4-5-9(13)15/h3-7H2,1-2H3,(H,11,16). The van der Waals surface area contributed by atoms with Crippen molar-refractivity contribution in [2.24, 2.45) is 0 Å². The van der Waals surface area contributed by atoms with E-state index in [1.807, 2.05) is 19.0 Å². The third-order valence-electron chi connectivity index (χ3n) is 2.23. The molecule has 1 rings (SSSR count). The maximum atomic E-state index is 11.2. The fourth-order valence-corrected chi connectivity index (χ4v) is 1.36. The minimum atomic E-state index is -0.771. The number of nitrogens with one attached hydrogen (secondary N) is 1. The van der Waals surface area contributed by atoms with Crippen molar-refractivity contribution in [3.63, 3.8) is 0 Å². The first kappa shape index (κ1) is 13.4. The molecule has 1 aliphatic rings. The van der Waals surface area contributed by atoms with Gasteiger partial charge in [0.15, 0.2) is 0 Å². The number of rotatable bonds is 5. The van der Waals surface area contributed by atoms with E-state index < -0.39 is 17.9 Å². The topological polar surface area (TPSA) is 79.0 Å². The van der Waals surface area contributed by atoms with Gasteiger partial charge in [-0.05, 0) is 27.1 Å². The molecule has 1 heterocycles. The van der Waals surface area contributed by atoms with Crippen LogP contribution in [0.25, 0.3) is 0 Å². The average molecular weight is 243 g/mol. The summed E-state index contributed by atoms with van der Waals surface area (Å²) in [6.45, 7) is 1.27. The average Bonchev–Trinajstić information content (AvgIpc) is 2.56. The minimum Gasteiger partial charge on any atom is -0.320 e. The lowest BCUT2D eigenvalue weighted by Crippen LogP contribution is -2.37.